The van der Waals surface area contributed by atoms with Gasteiger partial charge in [-0.25, -0.2) is 4.79 Å². The van der Waals surface area contributed by atoms with Gasteiger partial charge in [-0.15, -0.1) is 11.3 Å². The van der Waals surface area contributed by atoms with Crippen LogP contribution in [0.4, 0.5) is 5.00 Å². The van der Waals surface area contributed by atoms with Crippen molar-refractivity contribution in [3.05, 3.63) is 78.8 Å². The molecule has 37 heavy (non-hydrogen) atoms. The first kappa shape index (κ1) is 26.4. The highest BCUT2D eigenvalue weighted by Crippen LogP contribution is 2.34. The number of nitrogens with one attached hydrogen (secondary N) is 1. The van der Waals surface area contributed by atoms with E-state index in [4.69, 9.17) is 25.5 Å². The van der Waals surface area contributed by atoms with Crippen LogP contribution in [0.5, 0.6) is 5.75 Å². The van der Waals surface area contributed by atoms with Crippen LogP contribution in [0.15, 0.2) is 45.6 Å². The van der Waals surface area contributed by atoms with E-state index in [0.29, 0.717) is 26.7 Å². The van der Waals surface area contributed by atoms with Crippen molar-refractivity contribution in [2.24, 2.45) is 0 Å². The SMILES string of the molecule is CCOC(=O)c1c(NC(=O)COc2c(-c3ccc(C)cc3)oc3cc(C)c(Cl)cc3c2=O)sc(C)c1C. The Bertz CT molecular complexity index is 1570. The number of ether oxygens (including phenoxy) is 2. The van der Waals surface area contributed by atoms with E-state index in [1.54, 1.807) is 19.9 Å². The van der Waals surface area contributed by atoms with Gasteiger partial charge < -0.3 is 19.2 Å². The van der Waals surface area contributed by atoms with Crippen molar-refractivity contribution in [3.63, 3.8) is 0 Å². The fourth-order valence-electron chi connectivity index (χ4n) is 3.79. The second-order valence-corrected chi connectivity index (χ2v) is 10.2. The first-order valence-electron chi connectivity index (χ1n) is 11.6. The standard InChI is InChI=1S/C28H26ClNO6S/c1-6-34-28(33)23-16(4)17(5)37-27(23)30-22(31)13-35-26-24(32)19-12-20(29)15(3)11-21(19)36-25(26)18-9-7-14(2)8-10-18/h7-12H,6,13H2,1-5H3,(H,30,31). The summed E-state index contributed by atoms with van der Waals surface area (Å²) in [5, 5.41) is 3.76. The van der Waals surface area contributed by atoms with E-state index in [2.05, 4.69) is 5.32 Å². The maximum Gasteiger partial charge on any atom is 0.341 e. The predicted molar refractivity (Wildman–Crippen MR) is 146 cm³/mol. The van der Waals surface area contributed by atoms with Gasteiger partial charge in [0, 0.05) is 15.5 Å². The van der Waals surface area contributed by atoms with E-state index in [1.165, 1.54) is 17.4 Å². The molecule has 0 atom stereocenters. The molecule has 2 aromatic carbocycles. The largest absolute Gasteiger partial charge is 0.476 e. The number of halogens is 1. The zero-order valence-electron chi connectivity index (χ0n) is 21.1. The van der Waals surface area contributed by atoms with Gasteiger partial charge in [0.2, 0.25) is 11.2 Å². The van der Waals surface area contributed by atoms with Gasteiger partial charge >= 0.3 is 5.97 Å². The summed E-state index contributed by atoms with van der Waals surface area (Å²) in [6, 6.07) is 10.7. The molecule has 1 amide bonds. The lowest BCUT2D eigenvalue weighted by Crippen LogP contribution is -2.23. The number of carbonyl (C=O) groups is 2. The summed E-state index contributed by atoms with van der Waals surface area (Å²) in [7, 11) is 0. The van der Waals surface area contributed by atoms with Crippen LogP contribution in [-0.4, -0.2) is 25.1 Å². The molecule has 2 heterocycles. The van der Waals surface area contributed by atoms with Gasteiger partial charge in [0.15, 0.2) is 12.4 Å². The lowest BCUT2D eigenvalue weighted by Gasteiger charge is -2.13. The molecule has 2 aromatic heterocycles. The molecule has 0 fully saturated rings. The summed E-state index contributed by atoms with van der Waals surface area (Å²) in [6.45, 7) is 8.88. The molecule has 0 bridgehead atoms. The van der Waals surface area contributed by atoms with E-state index in [9.17, 15) is 14.4 Å². The Morgan fingerprint density at radius 2 is 1.78 bits per heavy atom. The minimum atomic E-state index is -0.539. The molecule has 0 unspecified atom stereocenters. The Labute approximate surface area is 223 Å². The van der Waals surface area contributed by atoms with Crippen LogP contribution in [0, 0.1) is 27.7 Å². The Morgan fingerprint density at radius 3 is 2.46 bits per heavy atom. The number of fused-ring (bicyclic) bond motifs is 1. The van der Waals surface area contributed by atoms with Crippen LogP contribution < -0.4 is 15.5 Å². The molecule has 0 radical (unpaired) electrons. The third kappa shape index (κ3) is 5.40. The average molecular weight is 540 g/mol. The van der Waals surface area contributed by atoms with E-state index in [-0.39, 0.29) is 23.5 Å². The second-order valence-electron chi connectivity index (χ2n) is 8.60. The first-order chi connectivity index (χ1) is 17.6. The number of rotatable bonds is 7. The second kappa shape index (κ2) is 10.8. The molecule has 192 valence electrons. The summed E-state index contributed by atoms with van der Waals surface area (Å²) < 4.78 is 17.0. The quantitative estimate of drug-likeness (QED) is 0.266. The Hall–Kier alpha value is -3.62. The van der Waals surface area contributed by atoms with Gasteiger partial charge in [0.05, 0.1) is 17.6 Å². The third-order valence-corrected chi connectivity index (χ3v) is 7.44. The first-order valence-corrected chi connectivity index (χ1v) is 12.8. The molecular formula is C28H26ClNO6S. The molecule has 7 nitrogen and oxygen atoms in total. The maximum absolute atomic E-state index is 13.5. The molecule has 9 heteroatoms. The summed E-state index contributed by atoms with van der Waals surface area (Å²) in [6.07, 6.45) is 0. The predicted octanol–water partition coefficient (Wildman–Crippen LogP) is 6.60. The maximum atomic E-state index is 13.5. The number of aryl methyl sites for hydroxylation is 3. The molecule has 1 N–H and O–H groups in total. The number of benzene rings is 2. The summed E-state index contributed by atoms with van der Waals surface area (Å²) in [4.78, 5) is 39.6. The minimum absolute atomic E-state index is 0.101. The van der Waals surface area contributed by atoms with Gasteiger partial charge in [-0.1, -0.05) is 41.4 Å². The molecule has 0 spiro atoms. The molecule has 0 aliphatic heterocycles. The van der Waals surface area contributed by atoms with E-state index >= 15 is 0 Å². The van der Waals surface area contributed by atoms with Gasteiger partial charge in [-0.05, 0) is 57.9 Å². The van der Waals surface area contributed by atoms with Crippen LogP contribution >= 0.6 is 22.9 Å². The number of thiophene rings is 1. The molecule has 0 saturated carbocycles. The number of hydrogen-bond acceptors (Lipinski definition) is 7. The number of esters is 1. The molecule has 4 rings (SSSR count). The van der Waals surface area contributed by atoms with Gasteiger partial charge in [-0.3, -0.25) is 9.59 Å². The highest BCUT2D eigenvalue weighted by molar-refractivity contribution is 7.16. The Kier molecular flexibility index (Phi) is 7.71. The monoisotopic (exact) mass is 539 g/mol. The van der Waals surface area contributed by atoms with Gasteiger partial charge in [-0.2, -0.15) is 0 Å². The van der Waals surface area contributed by atoms with Crippen LogP contribution in [0.2, 0.25) is 5.02 Å². The van der Waals surface area contributed by atoms with Crippen molar-refractivity contribution < 1.29 is 23.5 Å². The highest BCUT2D eigenvalue weighted by Gasteiger charge is 2.24. The smallest absolute Gasteiger partial charge is 0.341 e. The number of hydrogen-bond donors (Lipinski definition) is 1. The summed E-state index contributed by atoms with van der Waals surface area (Å²) in [5.74, 6) is -0.940. The Balaban J connectivity index is 1.68. The molecule has 0 aliphatic rings. The van der Waals surface area contributed by atoms with E-state index < -0.39 is 23.9 Å². The third-order valence-electron chi connectivity index (χ3n) is 5.91. The minimum Gasteiger partial charge on any atom is -0.476 e. The van der Waals surface area contributed by atoms with E-state index in [1.807, 2.05) is 45.0 Å². The molecule has 0 aliphatic carbocycles. The summed E-state index contributed by atoms with van der Waals surface area (Å²) in [5.41, 5.74) is 3.40. The van der Waals surface area contributed by atoms with Crippen molar-refractivity contribution in [1.29, 1.82) is 0 Å². The molecule has 4 aromatic rings. The molecule has 0 saturated heterocycles. The summed E-state index contributed by atoms with van der Waals surface area (Å²) >= 11 is 7.53. The van der Waals surface area contributed by atoms with Crippen molar-refractivity contribution >= 4 is 50.8 Å². The highest BCUT2D eigenvalue weighted by atomic mass is 35.5. The number of anilines is 1. The van der Waals surface area contributed by atoms with Crippen molar-refractivity contribution in [3.8, 4) is 17.1 Å². The van der Waals surface area contributed by atoms with Crippen molar-refractivity contribution in [2.45, 2.75) is 34.6 Å². The van der Waals surface area contributed by atoms with Crippen LogP contribution in [0.1, 0.15) is 38.8 Å². The van der Waals surface area contributed by atoms with Crippen LogP contribution in [0.3, 0.4) is 0 Å². The lowest BCUT2D eigenvalue weighted by molar-refractivity contribution is -0.118. The fourth-order valence-corrected chi connectivity index (χ4v) is 5.02. The van der Waals surface area contributed by atoms with Gasteiger partial charge in [0.25, 0.3) is 5.91 Å². The van der Waals surface area contributed by atoms with Gasteiger partial charge in [0.1, 0.15) is 10.6 Å². The van der Waals surface area contributed by atoms with Crippen LogP contribution in [-0.2, 0) is 9.53 Å². The van der Waals surface area contributed by atoms with E-state index in [0.717, 1.165) is 21.6 Å². The van der Waals surface area contributed by atoms with Crippen molar-refractivity contribution in [2.75, 3.05) is 18.5 Å². The topological polar surface area (TPSA) is 94.8 Å². The number of carbonyl (C=O) groups excluding carboxylic acids is 2. The van der Waals surface area contributed by atoms with Crippen molar-refractivity contribution in [1.82, 2.24) is 0 Å². The Morgan fingerprint density at radius 1 is 1.08 bits per heavy atom. The number of amides is 1. The lowest BCUT2D eigenvalue weighted by atomic mass is 10.1. The molecular weight excluding hydrogens is 514 g/mol. The fraction of sp³-hybridized carbons (Fsp3) is 0.250. The zero-order chi connectivity index (χ0) is 26.9. The zero-order valence-corrected chi connectivity index (χ0v) is 22.7. The van der Waals surface area contributed by atoms with Crippen LogP contribution in [0.25, 0.3) is 22.3 Å². The normalized spacial score (nSPS) is 11.0. The average Bonchev–Trinajstić information content (AvgIpc) is 3.13.